The first-order valence-electron chi connectivity index (χ1n) is 8.11. The molecule has 0 radical (unpaired) electrons. The molecule has 0 saturated carbocycles. The van der Waals surface area contributed by atoms with Gasteiger partial charge in [-0.05, 0) is 30.3 Å². The molecule has 156 valence electrons. The Kier molecular flexibility index (Phi) is 6.63. The van der Waals surface area contributed by atoms with Crippen LogP contribution in [0.3, 0.4) is 0 Å². The minimum absolute atomic E-state index is 0.281. The fraction of sp³-hybridized carbons (Fsp3) is 0.158. The third kappa shape index (κ3) is 5.05. The molecule has 0 aliphatic carbocycles. The van der Waals surface area contributed by atoms with E-state index < -0.39 is 39.5 Å². The molecule has 0 unspecified atom stereocenters. The van der Waals surface area contributed by atoms with Crippen molar-refractivity contribution in [3.63, 3.8) is 0 Å². The summed E-state index contributed by atoms with van der Waals surface area (Å²) >= 11 is 0. The molecule has 30 heavy (non-hydrogen) atoms. The van der Waals surface area contributed by atoms with E-state index in [0.717, 1.165) is 18.2 Å². The van der Waals surface area contributed by atoms with Crippen molar-refractivity contribution >= 4 is 23.4 Å². The van der Waals surface area contributed by atoms with Crippen LogP contribution >= 0.6 is 0 Å². The number of non-ortho nitro benzene ring substituents is 1. The molecule has 0 spiro atoms. The van der Waals surface area contributed by atoms with E-state index >= 15 is 0 Å². The highest BCUT2D eigenvalue weighted by Crippen LogP contribution is 2.37. The summed E-state index contributed by atoms with van der Waals surface area (Å²) in [4.78, 5) is 22.2. The summed E-state index contributed by atoms with van der Waals surface area (Å²) in [5.74, 6) is -0.445. The number of anilines is 1. The van der Waals surface area contributed by atoms with Gasteiger partial charge in [0.15, 0.2) is 0 Å². The number of amides is 1. The Balaban J connectivity index is 2.45. The van der Waals surface area contributed by atoms with Gasteiger partial charge in [0, 0.05) is 17.7 Å². The summed E-state index contributed by atoms with van der Waals surface area (Å²) in [6.45, 7) is 0. The Hall–Kier alpha value is -4.07. The zero-order valence-corrected chi connectivity index (χ0v) is 15.6. The number of ether oxygens (including phenoxy) is 2. The molecular formula is C19H14F3N3O5. The summed E-state index contributed by atoms with van der Waals surface area (Å²) in [5.41, 5.74) is -3.17. The van der Waals surface area contributed by atoms with E-state index in [-0.39, 0.29) is 5.56 Å². The van der Waals surface area contributed by atoms with E-state index in [0.29, 0.717) is 17.6 Å². The quantitative estimate of drug-likeness (QED) is 0.324. The molecule has 0 aliphatic rings. The molecule has 8 nitrogen and oxygen atoms in total. The van der Waals surface area contributed by atoms with E-state index in [1.807, 2.05) is 5.32 Å². The second-order valence-electron chi connectivity index (χ2n) is 5.72. The SMILES string of the molecule is COc1ccc(OC)c(/C=C(\C#N)C(=O)Nc2ccc([N+](=O)[O-])cc2C(F)(F)F)c1. The van der Waals surface area contributed by atoms with Gasteiger partial charge in [-0.1, -0.05) is 0 Å². The molecule has 0 heterocycles. The Morgan fingerprint density at radius 3 is 2.43 bits per heavy atom. The van der Waals surface area contributed by atoms with Crippen LogP contribution in [-0.4, -0.2) is 25.1 Å². The molecule has 2 aromatic rings. The standard InChI is InChI=1S/C19H14F3N3O5/c1-29-14-4-6-17(30-2)11(8-14)7-12(10-23)18(26)24-16-5-3-13(25(27)28)9-15(16)19(20,21)22/h3-9H,1-2H3,(H,24,26)/b12-7+. The molecule has 1 amide bonds. The van der Waals surface area contributed by atoms with Gasteiger partial charge in [0.05, 0.1) is 30.4 Å². The highest BCUT2D eigenvalue weighted by atomic mass is 19.4. The van der Waals surface area contributed by atoms with Crippen LogP contribution in [0.4, 0.5) is 24.5 Å². The molecule has 0 aromatic heterocycles. The number of hydrogen-bond donors (Lipinski definition) is 1. The van der Waals surface area contributed by atoms with Gasteiger partial charge in [0.2, 0.25) is 0 Å². The monoisotopic (exact) mass is 421 g/mol. The number of nitrogens with zero attached hydrogens (tertiary/aromatic N) is 2. The maximum Gasteiger partial charge on any atom is 0.418 e. The average Bonchev–Trinajstić information content (AvgIpc) is 2.70. The van der Waals surface area contributed by atoms with Crippen molar-refractivity contribution in [3.8, 4) is 17.6 Å². The molecule has 11 heteroatoms. The van der Waals surface area contributed by atoms with Crippen LogP contribution in [0, 0.1) is 21.4 Å². The molecule has 2 rings (SSSR count). The number of hydrogen-bond acceptors (Lipinski definition) is 6. The lowest BCUT2D eigenvalue weighted by atomic mass is 10.1. The van der Waals surface area contributed by atoms with Gasteiger partial charge < -0.3 is 14.8 Å². The van der Waals surface area contributed by atoms with Gasteiger partial charge in [0.1, 0.15) is 23.1 Å². The number of nitrogens with one attached hydrogen (secondary N) is 1. The van der Waals surface area contributed by atoms with Gasteiger partial charge in [0.25, 0.3) is 11.6 Å². The molecule has 0 saturated heterocycles. The second-order valence-corrected chi connectivity index (χ2v) is 5.72. The van der Waals surface area contributed by atoms with Crippen LogP contribution in [-0.2, 0) is 11.0 Å². The van der Waals surface area contributed by atoms with Crippen LogP contribution < -0.4 is 14.8 Å². The molecule has 0 atom stereocenters. The van der Waals surface area contributed by atoms with Crippen LogP contribution in [0.25, 0.3) is 6.08 Å². The summed E-state index contributed by atoms with van der Waals surface area (Å²) in [5, 5.41) is 22.0. The number of halogens is 3. The fourth-order valence-corrected chi connectivity index (χ4v) is 2.44. The lowest BCUT2D eigenvalue weighted by Gasteiger charge is -2.13. The zero-order valence-electron chi connectivity index (χ0n) is 15.6. The van der Waals surface area contributed by atoms with Gasteiger partial charge >= 0.3 is 6.18 Å². The smallest absolute Gasteiger partial charge is 0.418 e. The summed E-state index contributed by atoms with van der Waals surface area (Å²) < 4.78 is 50.0. The highest BCUT2D eigenvalue weighted by molar-refractivity contribution is 6.10. The molecule has 0 aliphatic heterocycles. The van der Waals surface area contributed by atoms with Crippen molar-refractivity contribution in [1.82, 2.24) is 0 Å². The third-order valence-electron chi connectivity index (χ3n) is 3.87. The maximum absolute atomic E-state index is 13.3. The summed E-state index contributed by atoms with van der Waals surface area (Å²) in [6.07, 6.45) is -3.85. The number of rotatable bonds is 6. The number of benzene rings is 2. The van der Waals surface area contributed by atoms with E-state index in [1.165, 1.54) is 26.4 Å². The predicted octanol–water partition coefficient (Wildman–Crippen LogP) is 4.18. The Bertz CT molecular complexity index is 1060. The van der Waals surface area contributed by atoms with E-state index in [2.05, 4.69) is 0 Å². The van der Waals surface area contributed by atoms with Gasteiger partial charge in [-0.2, -0.15) is 18.4 Å². The molecule has 1 N–H and O–H groups in total. The average molecular weight is 421 g/mol. The number of nitriles is 1. The molecule has 2 aromatic carbocycles. The number of carbonyl (C=O) groups is 1. The molecular weight excluding hydrogens is 407 g/mol. The first-order valence-corrected chi connectivity index (χ1v) is 8.11. The second kappa shape index (κ2) is 8.95. The molecule has 0 fully saturated rings. The summed E-state index contributed by atoms with van der Waals surface area (Å²) in [6, 6.07) is 8.04. The predicted molar refractivity (Wildman–Crippen MR) is 99.9 cm³/mol. The van der Waals surface area contributed by atoms with Crippen LogP contribution in [0.15, 0.2) is 42.0 Å². The Morgan fingerprint density at radius 1 is 1.20 bits per heavy atom. The number of alkyl halides is 3. The maximum atomic E-state index is 13.3. The first kappa shape index (κ1) is 22.2. The zero-order chi connectivity index (χ0) is 22.5. The van der Waals surface area contributed by atoms with Crippen LogP contribution in [0.2, 0.25) is 0 Å². The van der Waals surface area contributed by atoms with Gasteiger partial charge in [-0.25, -0.2) is 0 Å². The number of carbonyl (C=O) groups excluding carboxylic acids is 1. The third-order valence-corrected chi connectivity index (χ3v) is 3.87. The van der Waals surface area contributed by atoms with Crippen molar-refractivity contribution in [1.29, 1.82) is 5.26 Å². The number of nitro groups is 1. The van der Waals surface area contributed by atoms with Gasteiger partial charge in [-0.15, -0.1) is 0 Å². The van der Waals surface area contributed by atoms with E-state index in [1.54, 1.807) is 12.1 Å². The Morgan fingerprint density at radius 2 is 1.90 bits per heavy atom. The Labute approximate surface area is 168 Å². The summed E-state index contributed by atoms with van der Waals surface area (Å²) in [7, 11) is 2.76. The highest BCUT2D eigenvalue weighted by Gasteiger charge is 2.35. The van der Waals surface area contributed by atoms with E-state index in [9.17, 15) is 33.3 Å². The minimum atomic E-state index is -4.97. The van der Waals surface area contributed by atoms with Crippen molar-refractivity contribution < 1.29 is 32.4 Å². The first-order chi connectivity index (χ1) is 14.1. The van der Waals surface area contributed by atoms with Gasteiger partial charge in [-0.3, -0.25) is 14.9 Å². The molecule has 0 bridgehead atoms. The van der Waals surface area contributed by atoms with E-state index in [4.69, 9.17) is 9.47 Å². The number of methoxy groups -OCH3 is 2. The lowest BCUT2D eigenvalue weighted by molar-refractivity contribution is -0.385. The van der Waals surface area contributed by atoms with Crippen LogP contribution in [0.5, 0.6) is 11.5 Å². The minimum Gasteiger partial charge on any atom is -0.497 e. The topological polar surface area (TPSA) is 114 Å². The normalized spacial score (nSPS) is 11.4. The number of nitro benzene ring substituents is 1. The largest absolute Gasteiger partial charge is 0.497 e. The lowest BCUT2D eigenvalue weighted by Crippen LogP contribution is -2.18. The van der Waals surface area contributed by atoms with Crippen LogP contribution in [0.1, 0.15) is 11.1 Å². The van der Waals surface area contributed by atoms with Crippen molar-refractivity contribution in [2.24, 2.45) is 0 Å². The fourth-order valence-electron chi connectivity index (χ4n) is 2.44. The van der Waals surface area contributed by atoms with Crippen molar-refractivity contribution in [2.75, 3.05) is 19.5 Å². The van der Waals surface area contributed by atoms with Crippen molar-refractivity contribution in [2.45, 2.75) is 6.18 Å². The van der Waals surface area contributed by atoms with Crippen molar-refractivity contribution in [3.05, 3.63) is 63.2 Å².